The number of nitrogens with two attached hydrogens (primary N) is 1. The van der Waals surface area contributed by atoms with Crippen molar-refractivity contribution in [3.05, 3.63) is 11.6 Å². The number of thioether (sulfide) groups is 1. The molecule has 1 fully saturated rings. The molecule has 0 radical (unpaired) electrons. The van der Waals surface area contributed by atoms with Gasteiger partial charge >= 0.3 is 0 Å². The standard InChI is InChI=1S/C10H20N2S/c1-8(2)7-9(12-11)10(3)5-4-6-13-10/h7,9,12H,4-6,11H2,1-3H3. The third-order valence-electron chi connectivity index (χ3n) is 2.59. The van der Waals surface area contributed by atoms with Crippen LogP contribution in [0.25, 0.3) is 0 Å². The lowest BCUT2D eigenvalue weighted by atomic mass is 9.95. The molecule has 0 amide bonds. The largest absolute Gasteiger partial charge is 0.271 e. The molecule has 0 bridgehead atoms. The summed E-state index contributed by atoms with van der Waals surface area (Å²) in [7, 11) is 0. The minimum Gasteiger partial charge on any atom is -0.271 e. The van der Waals surface area contributed by atoms with Gasteiger partial charge in [0, 0.05) is 4.75 Å². The molecule has 3 heteroatoms. The van der Waals surface area contributed by atoms with E-state index in [9.17, 15) is 0 Å². The molecule has 1 aliphatic heterocycles. The number of hydrazine groups is 1. The van der Waals surface area contributed by atoms with Crippen LogP contribution in [0.15, 0.2) is 11.6 Å². The first kappa shape index (κ1) is 11.1. The van der Waals surface area contributed by atoms with Crippen LogP contribution in [-0.4, -0.2) is 16.5 Å². The van der Waals surface area contributed by atoms with E-state index < -0.39 is 0 Å². The van der Waals surface area contributed by atoms with E-state index in [4.69, 9.17) is 5.84 Å². The summed E-state index contributed by atoms with van der Waals surface area (Å²) in [6, 6.07) is 0.310. The maximum Gasteiger partial charge on any atom is 0.0537 e. The van der Waals surface area contributed by atoms with Crippen molar-refractivity contribution in [3.8, 4) is 0 Å². The molecule has 1 aliphatic rings. The molecule has 2 unspecified atom stereocenters. The summed E-state index contributed by atoms with van der Waals surface area (Å²) in [4.78, 5) is 0. The van der Waals surface area contributed by atoms with Gasteiger partial charge in [0.1, 0.15) is 0 Å². The van der Waals surface area contributed by atoms with Gasteiger partial charge in [0.15, 0.2) is 0 Å². The van der Waals surface area contributed by atoms with Gasteiger partial charge in [-0.2, -0.15) is 11.8 Å². The highest BCUT2D eigenvalue weighted by Crippen LogP contribution is 2.40. The Labute approximate surface area is 85.3 Å². The van der Waals surface area contributed by atoms with Gasteiger partial charge in [0.25, 0.3) is 0 Å². The number of rotatable bonds is 3. The molecule has 76 valence electrons. The number of hydrogen-bond donors (Lipinski definition) is 2. The Hall–Kier alpha value is 0.0100. The molecule has 0 spiro atoms. The molecule has 0 aromatic carbocycles. The SMILES string of the molecule is CC(C)=CC(NN)C1(C)CCCS1. The van der Waals surface area contributed by atoms with Crippen molar-refractivity contribution >= 4 is 11.8 Å². The van der Waals surface area contributed by atoms with E-state index in [2.05, 4.69) is 32.3 Å². The summed E-state index contributed by atoms with van der Waals surface area (Å²) in [5.41, 5.74) is 4.25. The van der Waals surface area contributed by atoms with E-state index in [1.54, 1.807) is 0 Å². The Kier molecular flexibility index (Phi) is 3.83. The molecule has 1 saturated heterocycles. The summed E-state index contributed by atoms with van der Waals surface area (Å²) in [6.45, 7) is 6.54. The van der Waals surface area contributed by atoms with E-state index in [1.807, 2.05) is 11.8 Å². The zero-order valence-corrected chi connectivity index (χ0v) is 9.58. The minimum absolute atomic E-state index is 0.298. The van der Waals surface area contributed by atoms with E-state index in [-0.39, 0.29) is 0 Å². The maximum absolute atomic E-state index is 5.58. The highest BCUT2D eigenvalue weighted by atomic mass is 32.2. The number of allylic oxidation sites excluding steroid dienone is 1. The Morgan fingerprint density at radius 3 is 2.69 bits per heavy atom. The Balaban J connectivity index is 2.70. The van der Waals surface area contributed by atoms with Gasteiger partial charge < -0.3 is 0 Å². The average Bonchev–Trinajstić information content (AvgIpc) is 2.48. The normalized spacial score (nSPS) is 30.2. The van der Waals surface area contributed by atoms with Crippen LogP contribution >= 0.6 is 11.8 Å². The van der Waals surface area contributed by atoms with Crippen molar-refractivity contribution < 1.29 is 0 Å². The van der Waals surface area contributed by atoms with Crippen molar-refractivity contribution in [2.75, 3.05) is 5.75 Å². The van der Waals surface area contributed by atoms with Gasteiger partial charge in [-0.15, -0.1) is 0 Å². The molecule has 2 atom stereocenters. The average molecular weight is 200 g/mol. The first-order valence-corrected chi connectivity index (χ1v) is 5.82. The van der Waals surface area contributed by atoms with Gasteiger partial charge in [0.05, 0.1) is 6.04 Å². The van der Waals surface area contributed by atoms with Crippen molar-refractivity contribution in [2.45, 2.75) is 44.4 Å². The fraction of sp³-hybridized carbons (Fsp3) is 0.800. The highest BCUT2D eigenvalue weighted by molar-refractivity contribution is 8.00. The fourth-order valence-electron chi connectivity index (χ4n) is 1.78. The molecule has 2 nitrogen and oxygen atoms in total. The lowest BCUT2D eigenvalue weighted by molar-refractivity contribution is 0.468. The van der Waals surface area contributed by atoms with Crippen LogP contribution in [0, 0.1) is 0 Å². The van der Waals surface area contributed by atoms with E-state index in [1.165, 1.54) is 24.2 Å². The third kappa shape index (κ3) is 2.73. The zero-order chi connectivity index (χ0) is 9.90. The van der Waals surface area contributed by atoms with Gasteiger partial charge in [-0.1, -0.05) is 11.6 Å². The molecule has 13 heavy (non-hydrogen) atoms. The van der Waals surface area contributed by atoms with Crippen molar-refractivity contribution in [1.29, 1.82) is 0 Å². The third-order valence-corrected chi connectivity index (χ3v) is 4.20. The van der Waals surface area contributed by atoms with Crippen LogP contribution in [0.1, 0.15) is 33.6 Å². The van der Waals surface area contributed by atoms with Gasteiger partial charge in [-0.25, -0.2) is 0 Å². The van der Waals surface area contributed by atoms with Crippen molar-refractivity contribution in [1.82, 2.24) is 5.43 Å². The summed E-state index contributed by atoms with van der Waals surface area (Å²) >= 11 is 2.03. The van der Waals surface area contributed by atoms with Crippen molar-refractivity contribution in [2.24, 2.45) is 5.84 Å². The molecular formula is C10H20N2S. The predicted molar refractivity (Wildman–Crippen MR) is 60.6 cm³/mol. The molecule has 0 aliphatic carbocycles. The smallest absolute Gasteiger partial charge is 0.0537 e. The van der Waals surface area contributed by atoms with Crippen LogP contribution < -0.4 is 11.3 Å². The number of hydrogen-bond acceptors (Lipinski definition) is 3. The first-order valence-electron chi connectivity index (χ1n) is 4.83. The Morgan fingerprint density at radius 1 is 1.62 bits per heavy atom. The second-order valence-corrected chi connectivity index (χ2v) is 5.78. The molecule has 1 heterocycles. The monoisotopic (exact) mass is 200 g/mol. The Morgan fingerprint density at radius 2 is 2.31 bits per heavy atom. The van der Waals surface area contributed by atoms with Crippen LogP contribution in [-0.2, 0) is 0 Å². The van der Waals surface area contributed by atoms with E-state index in [0.717, 1.165) is 0 Å². The van der Waals surface area contributed by atoms with Gasteiger partial charge in [-0.05, 0) is 39.4 Å². The van der Waals surface area contributed by atoms with Crippen LogP contribution in [0.4, 0.5) is 0 Å². The quantitative estimate of drug-likeness (QED) is 0.416. The maximum atomic E-state index is 5.58. The highest BCUT2D eigenvalue weighted by Gasteiger charge is 2.35. The van der Waals surface area contributed by atoms with Crippen molar-refractivity contribution in [3.63, 3.8) is 0 Å². The Bertz CT molecular complexity index is 191. The van der Waals surface area contributed by atoms with Gasteiger partial charge in [0.2, 0.25) is 0 Å². The molecule has 0 aromatic rings. The van der Waals surface area contributed by atoms with Crippen LogP contribution in [0.2, 0.25) is 0 Å². The van der Waals surface area contributed by atoms with E-state index in [0.29, 0.717) is 10.8 Å². The summed E-state index contributed by atoms with van der Waals surface area (Å²) in [6.07, 6.45) is 4.81. The number of nitrogens with one attached hydrogen (secondary N) is 1. The van der Waals surface area contributed by atoms with Crippen LogP contribution in [0.5, 0.6) is 0 Å². The summed E-state index contributed by atoms with van der Waals surface area (Å²) in [5.74, 6) is 6.85. The summed E-state index contributed by atoms with van der Waals surface area (Å²) in [5, 5.41) is 0. The molecular weight excluding hydrogens is 180 g/mol. The zero-order valence-electron chi connectivity index (χ0n) is 8.76. The second-order valence-electron chi connectivity index (χ2n) is 4.15. The topological polar surface area (TPSA) is 38.0 Å². The molecule has 3 N–H and O–H groups in total. The summed E-state index contributed by atoms with van der Waals surface area (Å²) < 4.78 is 0.298. The molecule has 0 saturated carbocycles. The lowest BCUT2D eigenvalue weighted by Gasteiger charge is -2.30. The predicted octanol–water partition coefficient (Wildman–Crippen LogP) is 2.07. The van der Waals surface area contributed by atoms with E-state index >= 15 is 0 Å². The minimum atomic E-state index is 0.298. The van der Waals surface area contributed by atoms with Crippen LogP contribution in [0.3, 0.4) is 0 Å². The lowest BCUT2D eigenvalue weighted by Crippen LogP contribution is -2.47. The molecule has 0 aromatic heterocycles. The van der Waals surface area contributed by atoms with Gasteiger partial charge in [-0.3, -0.25) is 11.3 Å². The molecule has 1 rings (SSSR count). The second kappa shape index (κ2) is 4.49. The fourth-order valence-corrected chi connectivity index (χ4v) is 3.14. The first-order chi connectivity index (χ1) is 6.08.